The lowest BCUT2D eigenvalue weighted by molar-refractivity contribution is 0.341. The lowest BCUT2D eigenvalue weighted by Crippen LogP contribution is -2.38. The summed E-state index contributed by atoms with van der Waals surface area (Å²) in [6.07, 6.45) is 0. The van der Waals surface area contributed by atoms with Crippen LogP contribution >= 0.6 is 11.8 Å². The molecule has 142 valence electrons. The van der Waals surface area contributed by atoms with Crippen LogP contribution in [0, 0.1) is 0 Å². The molecule has 1 saturated heterocycles. The molecule has 2 heterocycles. The van der Waals surface area contributed by atoms with Gasteiger partial charge in [-0.25, -0.2) is 8.42 Å². The number of hydrogen-bond donors (Lipinski definition) is 0. The number of hydrogen-bond acceptors (Lipinski definition) is 6. The third kappa shape index (κ3) is 4.14. The summed E-state index contributed by atoms with van der Waals surface area (Å²) in [7, 11) is -1.37. The predicted octanol–water partition coefficient (Wildman–Crippen LogP) is 2.97. The summed E-state index contributed by atoms with van der Waals surface area (Å²) in [5.41, 5.74) is 2.32. The number of aliphatic imine (C=N–C) groups is 1. The third-order valence-electron chi connectivity index (χ3n) is 4.91. The molecule has 1 fully saturated rings. The van der Waals surface area contributed by atoms with Crippen molar-refractivity contribution in [1.82, 2.24) is 4.90 Å². The Balaban J connectivity index is 1.55. The fraction of sp³-hybridized carbons (Fsp3) is 0.350. The zero-order valence-electron chi connectivity index (χ0n) is 15.1. The average molecular weight is 403 g/mol. The van der Waals surface area contributed by atoms with Gasteiger partial charge in [-0.2, -0.15) is 0 Å². The molecule has 0 N–H and O–H groups in total. The zero-order chi connectivity index (χ0) is 18.9. The highest BCUT2D eigenvalue weighted by Gasteiger charge is 2.46. The van der Waals surface area contributed by atoms with Crippen LogP contribution < -0.4 is 4.74 Å². The smallest absolute Gasteiger partial charge is 0.160 e. The van der Waals surface area contributed by atoms with Gasteiger partial charge in [0.05, 0.1) is 30.7 Å². The lowest BCUT2D eigenvalue weighted by Gasteiger charge is -2.26. The number of thioether (sulfide) groups is 1. The van der Waals surface area contributed by atoms with E-state index in [1.807, 2.05) is 42.5 Å². The molecular weight excluding hydrogens is 380 g/mol. The van der Waals surface area contributed by atoms with Crippen molar-refractivity contribution < 1.29 is 13.2 Å². The van der Waals surface area contributed by atoms with E-state index in [9.17, 15) is 8.42 Å². The lowest BCUT2D eigenvalue weighted by atomic mass is 10.1. The number of fused-ring (bicyclic) bond motifs is 1. The monoisotopic (exact) mass is 402 g/mol. The van der Waals surface area contributed by atoms with Crippen molar-refractivity contribution in [3.8, 4) is 5.75 Å². The molecular formula is C20H22N2O3S2. The van der Waals surface area contributed by atoms with Gasteiger partial charge in [0, 0.05) is 12.3 Å². The summed E-state index contributed by atoms with van der Waals surface area (Å²) in [6.45, 7) is 0.633. The molecule has 2 aliphatic heterocycles. The highest BCUT2D eigenvalue weighted by Crippen LogP contribution is 2.33. The Bertz CT molecular complexity index is 945. The number of sulfone groups is 1. The standard InChI is InChI=1S/C20H22N2O3S2/c1-25-17-9-5-8-16(10-17)11-22-19-14-27(23,24)13-18(19)21-20(22)26-12-15-6-3-2-4-7-15/h2-10,18-19H,11-14H2,1H3. The number of benzene rings is 2. The minimum absolute atomic E-state index is 0.0699. The SMILES string of the molecule is COc1cccc(CN2C(SCc3ccccc3)=NC3CS(=O)(=O)CC32)c1. The van der Waals surface area contributed by atoms with E-state index in [2.05, 4.69) is 17.0 Å². The molecule has 0 spiro atoms. The zero-order valence-corrected chi connectivity index (χ0v) is 16.7. The first kappa shape index (κ1) is 18.4. The van der Waals surface area contributed by atoms with Crippen molar-refractivity contribution in [3.63, 3.8) is 0 Å². The summed E-state index contributed by atoms with van der Waals surface area (Å²) in [4.78, 5) is 6.94. The molecule has 0 saturated carbocycles. The van der Waals surface area contributed by atoms with Gasteiger partial charge in [0.2, 0.25) is 0 Å². The summed E-state index contributed by atoms with van der Waals surface area (Å²) in [5, 5.41) is 0.937. The summed E-state index contributed by atoms with van der Waals surface area (Å²) < 4.78 is 29.5. The Morgan fingerprint density at radius 2 is 1.89 bits per heavy atom. The molecule has 0 aromatic heterocycles. The molecule has 2 atom stereocenters. The number of rotatable bonds is 5. The highest BCUT2D eigenvalue weighted by molar-refractivity contribution is 8.13. The van der Waals surface area contributed by atoms with Crippen LogP contribution in [0.1, 0.15) is 11.1 Å². The van der Waals surface area contributed by atoms with E-state index in [1.54, 1.807) is 18.9 Å². The maximum atomic E-state index is 12.1. The fourth-order valence-corrected chi connectivity index (χ4v) is 6.52. The molecule has 2 aromatic rings. The Hall–Kier alpha value is -1.99. The third-order valence-corrected chi connectivity index (χ3v) is 7.69. The number of ether oxygens (including phenoxy) is 1. The Morgan fingerprint density at radius 1 is 1.11 bits per heavy atom. The normalized spacial score (nSPS) is 23.1. The van der Waals surface area contributed by atoms with Crippen molar-refractivity contribution in [3.05, 3.63) is 65.7 Å². The maximum absolute atomic E-state index is 12.1. The number of amidine groups is 1. The molecule has 0 bridgehead atoms. The van der Waals surface area contributed by atoms with Crippen LogP contribution in [-0.4, -0.2) is 49.2 Å². The van der Waals surface area contributed by atoms with Crippen molar-refractivity contribution in [2.75, 3.05) is 18.6 Å². The molecule has 7 heteroatoms. The van der Waals surface area contributed by atoms with Gasteiger partial charge >= 0.3 is 0 Å². The molecule has 5 nitrogen and oxygen atoms in total. The Kier molecular flexibility index (Phi) is 5.14. The molecule has 27 heavy (non-hydrogen) atoms. The molecule has 2 unspecified atom stereocenters. The van der Waals surface area contributed by atoms with Crippen LogP contribution in [0.15, 0.2) is 59.6 Å². The molecule has 0 amide bonds. The van der Waals surface area contributed by atoms with Crippen LogP contribution in [-0.2, 0) is 22.1 Å². The van der Waals surface area contributed by atoms with Crippen molar-refractivity contribution >= 4 is 26.8 Å². The van der Waals surface area contributed by atoms with Crippen molar-refractivity contribution in [1.29, 1.82) is 0 Å². The van der Waals surface area contributed by atoms with E-state index >= 15 is 0 Å². The summed E-state index contributed by atoms with van der Waals surface area (Å²) in [6, 6.07) is 17.9. The van der Waals surface area contributed by atoms with E-state index in [-0.39, 0.29) is 23.6 Å². The second-order valence-corrected chi connectivity index (χ2v) is 9.97. The summed E-state index contributed by atoms with van der Waals surface area (Å²) in [5.74, 6) is 1.96. The van der Waals surface area contributed by atoms with E-state index in [0.717, 1.165) is 22.2 Å². The highest BCUT2D eigenvalue weighted by atomic mass is 32.2. The van der Waals surface area contributed by atoms with E-state index in [0.29, 0.717) is 6.54 Å². The first-order valence-electron chi connectivity index (χ1n) is 8.88. The van der Waals surface area contributed by atoms with Gasteiger partial charge in [0.15, 0.2) is 15.0 Å². The van der Waals surface area contributed by atoms with Gasteiger partial charge < -0.3 is 9.64 Å². The van der Waals surface area contributed by atoms with Crippen molar-refractivity contribution in [2.24, 2.45) is 4.99 Å². The predicted molar refractivity (Wildman–Crippen MR) is 110 cm³/mol. The van der Waals surface area contributed by atoms with Crippen molar-refractivity contribution in [2.45, 2.75) is 24.4 Å². The van der Waals surface area contributed by atoms with Gasteiger partial charge in [-0.05, 0) is 23.3 Å². The quantitative estimate of drug-likeness (QED) is 0.770. The second-order valence-electron chi connectivity index (χ2n) is 6.88. The van der Waals surface area contributed by atoms with E-state index in [1.165, 1.54) is 5.56 Å². The van der Waals surface area contributed by atoms with Gasteiger partial charge in [-0.1, -0.05) is 54.2 Å². The minimum atomic E-state index is -3.02. The molecule has 4 rings (SSSR count). The van der Waals surface area contributed by atoms with Gasteiger partial charge in [-0.3, -0.25) is 4.99 Å². The van der Waals surface area contributed by atoms with Gasteiger partial charge in [0.25, 0.3) is 0 Å². The number of nitrogens with zero attached hydrogens (tertiary/aromatic N) is 2. The first-order chi connectivity index (χ1) is 13.0. The molecule has 2 aromatic carbocycles. The first-order valence-corrected chi connectivity index (χ1v) is 11.7. The molecule has 0 radical (unpaired) electrons. The number of methoxy groups -OCH3 is 1. The van der Waals surface area contributed by atoms with Crippen LogP contribution in [0.2, 0.25) is 0 Å². The van der Waals surface area contributed by atoms with Crippen LogP contribution in [0.4, 0.5) is 0 Å². The molecule has 2 aliphatic rings. The fourth-order valence-electron chi connectivity index (χ4n) is 3.58. The second kappa shape index (κ2) is 7.56. The summed E-state index contributed by atoms with van der Waals surface area (Å²) >= 11 is 1.68. The van der Waals surface area contributed by atoms with Crippen LogP contribution in [0.5, 0.6) is 5.75 Å². The Morgan fingerprint density at radius 3 is 2.67 bits per heavy atom. The van der Waals surface area contributed by atoms with E-state index < -0.39 is 9.84 Å². The maximum Gasteiger partial charge on any atom is 0.160 e. The van der Waals surface area contributed by atoms with Gasteiger partial charge in [-0.15, -0.1) is 0 Å². The Labute approximate surface area is 164 Å². The minimum Gasteiger partial charge on any atom is -0.497 e. The van der Waals surface area contributed by atoms with Gasteiger partial charge in [0.1, 0.15) is 5.75 Å². The van der Waals surface area contributed by atoms with Crippen LogP contribution in [0.3, 0.4) is 0 Å². The topological polar surface area (TPSA) is 59.0 Å². The average Bonchev–Trinajstić information content (AvgIpc) is 3.13. The largest absolute Gasteiger partial charge is 0.497 e. The van der Waals surface area contributed by atoms with E-state index in [4.69, 9.17) is 9.73 Å². The van der Waals surface area contributed by atoms with Crippen LogP contribution in [0.25, 0.3) is 0 Å². The molecule has 0 aliphatic carbocycles.